The summed E-state index contributed by atoms with van der Waals surface area (Å²) in [5.41, 5.74) is 2.56. The van der Waals surface area contributed by atoms with Crippen molar-refractivity contribution in [1.29, 1.82) is 0 Å². The number of nitrogens with one attached hydrogen (secondary N) is 1. The van der Waals surface area contributed by atoms with Gasteiger partial charge in [0.05, 0.1) is 12.6 Å². The molecule has 1 heterocycles. The lowest BCUT2D eigenvalue weighted by Crippen LogP contribution is -1.98. The first-order valence-corrected chi connectivity index (χ1v) is 5.20. The maximum absolute atomic E-state index is 10.5. The molecule has 88 valence electrons. The monoisotopic (exact) mass is 232 g/mol. The molecule has 0 radical (unpaired) electrons. The summed E-state index contributed by atoms with van der Waals surface area (Å²) in [5, 5.41) is 24.6. The van der Waals surface area contributed by atoms with Crippen molar-refractivity contribution in [1.82, 2.24) is 10.2 Å². The zero-order chi connectivity index (χ0) is 12.3. The lowest BCUT2D eigenvalue weighted by molar-refractivity contribution is -0.136. The number of aromatic hydroxyl groups is 1. The first-order chi connectivity index (χ1) is 8.16. The number of hydrogen-bond acceptors (Lipinski definition) is 3. The number of hydrogen-bond donors (Lipinski definition) is 3. The van der Waals surface area contributed by atoms with Crippen LogP contribution in [0.2, 0.25) is 0 Å². The van der Waals surface area contributed by atoms with Crippen LogP contribution in [0.3, 0.4) is 0 Å². The van der Waals surface area contributed by atoms with E-state index in [1.54, 1.807) is 30.5 Å². The summed E-state index contributed by atoms with van der Waals surface area (Å²) in [5.74, 6) is -0.638. The molecule has 0 aliphatic carbocycles. The zero-order valence-electron chi connectivity index (χ0n) is 9.05. The molecule has 0 aliphatic rings. The standard InChI is InChI=1S/C12H12N2O3/c15-9-3-1-8(2-4-9)10-7-13-14-11(10)5-6-12(16)17/h1-4,7,15H,5-6H2,(H,13,14)(H,16,17). The van der Waals surface area contributed by atoms with Crippen LogP contribution in [0.4, 0.5) is 0 Å². The average molecular weight is 232 g/mol. The van der Waals surface area contributed by atoms with Crippen LogP contribution < -0.4 is 0 Å². The Morgan fingerprint density at radius 1 is 1.29 bits per heavy atom. The molecule has 1 aromatic carbocycles. The Kier molecular flexibility index (Phi) is 3.09. The van der Waals surface area contributed by atoms with E-state index in [0.717, 1.165) is 16.8 Å². The number of carboxylic acids is 1. The number of carboxylic acid groups (broad SMARTS) is 1. The van der Waals surface area contributed by atoms with Crippen molar-refractivity contribution in [2.75, 3.05) is 0 Å². The molecule has 0 spiro atoms. The van der Waals surface area contributed by atoms with Crippen LogP contribution in [-0.4, -0.2) is 26.4 Å². The topological polar surface area (TPSA) is 86.2 Å². The van der Waals surface area contributed by atoms with E-state index in [4.69, 9.17) is 5.11 Å². The number of phenolic OH excluding ortho intramolecular Hbond substituents is 1. The van der Waals surface area contributed by atoms with Crippen molar-refractivity contribution in [2.24, 2.45) is 0 Å². The normalized spacial score (nSPS) is 10.4. The summed E-state index contributed by atoms with van der Waals surface area (Å²) in [6.45, 7) is 0. The van der Waals surface area contributed by atoms with Crippen LogP contribution in [0.15, 0.2) is 30.5 Å². The Morgan fingerprint density at radius 2 is 2.00 bits per heavy atom. The van der Waals surface area contributed by atoms with Crippen LogP contribution in [0.25, 0.3) is 11.1 Å². The van der Waals surface area contributed by atoms with Gasteiger partial charge in [0, 0.05) is 17.7 Å². The highest BCUT2D eigenvalue weighted by molar-refractivity contribution is 5.69. The molecule has 2 rings (SSSR count). The number of carbonyl (C=O) groups is 1. The van der Waals surface area contributed by atoms with Crippen LogP contribution >= 0.6 is 0 Å². The summed E-state index contributed by atoms with van der Waals surface area (Å²) < 4.78 is 0. The largest absolute Gasteiger partial charge is 0.508 e. The summed E-state index contributed by atoms with van der Waals surface area (Å²) in [4.78, 5) is 10.5. The van der Waals surface area contributed by atoms with Gasteiger partial charge in [-0.2, -0.15) is 5.10 Å². The molecular formula is C12H12N2O3. The summed E-state index contributed by atoms with van der Waals surface area (Å²) in [6.07, 6.45) is 2.13. The number of aromatic nitrogens is 2. The van der Waals surface area contributed by atoms with Gasteiger partial charge in [0.2, 0.25) is 0 Å². The smallest absolute Gasteiger partial charge is 0.303 e. The Bertz CT molecular complexity index is 517. The van der Waals surface area contributed by atoms with Crippen molar-refractivity contribution in [3.63, 3.8) is 0 Å². The molecule has 17 heavy (non-hydrogen) atoms. The molecule has 3 N–H and O–H groups in total. The van der Waals surface area contributed by atoms with E-state index < -0.39 is 5.97 Å². The molecule has 2 aromatic rings. The van der Waals surface area contributed by atoms with Gasteiger partial charge in [0.25, 0.3) is 0 Å². The lowest BCUT2D eigenvalue weighted by Gasteiger charge is -2.02. The molecule has 0 saturated heterocycles. The van der Waals surface area contributed by atoms with Gasteiger partial charge in [-0.25, -0.2) is 0 Å². The third-order valence-corrected chi connectivity index (χ3v) is 2.49. The third kappa shape index (κ3) is 2.63. The number of benzene rings is 1. The fraction of sp³-hybridized carbons (Fsp3) is 0.167. The van der Waals surface area contributed by atoms with Crippen molar-refractivity contribution < 1.29 is 15.0 Å². The molecule has 1 aromatic heterocycles. The number of aryl methyl sites for hydroxylation is 1. The van der Waals surface area contributed by atoms with E-state index >= 15 is 0 Å². The quantitative estimate of drug-likeness (QED) is 0.750. The predicted octanol–water partition coefficient (Wildman–Crippen LogP) is 1.80. The number of phenols is 1. The maximum Gasteiger partial charge on any atom is 0.303 e. The van der Waals surface area contributed by atoms with Gasteiger partial charge in [-0.3, -0.25) is 9.89 Å². The van der Waals surface area contributed by atoms with Gasteiger partial charge in [-0.05, 0) is 17.7 Å². The molecule has 0 amide bonds. The molecule has 0 aliphatic heterocycles. The van der Waals surface area contributed by atoms with Gasteiger partial charge in [-0.1, -0.05) is 12.1 Å². The second kappa shape index (κ2) is 4.69. The Labute approximate surface area is 97.7 Å². The number of rotatable bonds is 4. The zero-order valence-corrected chi connectivity index (χ0v) is 9.05. The SMILES string of the molecule is O=C(O)CCc1[nH]ncc1-c1ccc(O)cc1. The fourth-order valence-corrected chi connectivity index (χ4v) is 1.63. The number of aromatic amines is 1. The Morgan fingerprint density at radius 3 is 2.65 bits per heavy atom. The van der Waals surface area contributed by atoms with Crippen molar-refractivity contribution in [2.45, 2.75) is 12.8 Å². The van der Waals surface area contributed by atoms with E-state index in [1.807, 2.05) is 0 Å². The average Bonchev–Trinajstić information content (AvgIpc) is 2.75. The first-order valence-electron chi connectivity index (χ1n) is 5.20. The van der Waals surface area contributed by atoms with E-state index in [1.165, 1.54) is 0 Å². The minimum atomic E-state index is -0.837. The number of H-pyrrole nitrogens is 1. The van der Waals surface area contributed by atoms with Crippen molar-refractivity contribution >= 4 is 5.97 Å². The van der Waals surface area contributed by atoms with Crippen LogP contribution in [-0.2, 0) is 11.2 Å². The highest BCUT2D eigenvalue weighted by Gasteiger charge is 2.09. The lowest BCUT2D eigenvalue weighted by atomic mass is 10.0. The molecule has 0 bridgehead atoms. The van der Waals surface area contributed by atoms with Crippen LogP contribution in [0, 0.1) is 0 Å². The van der Waals surface area contributed by atoms with E-state index in [-0.39, 0.29) is 12.2 Å². The van der Waals surface area contributed by atoms with E-state index in [9.17, 15) is 9.90 Å². The number of aliphatic carboxylic acids is 1. The molecule has 5 heteroatoms. The molecular weight excluding hydrogens is 220 g/mol. The minimum Gasteiger partial charge on any atom is -0.508 e. The van der Waals surface area contributed by atoms with Crippen LogP contribution in [0.5, 0.6) is 5.75 Å². The summed E-state index contributed by atoms with van der Waals surface area (Å²) in [6, 6.07) is 6.71. The predicted molar refractivity (Wildman–Crippen MR) is 61.6 cm³/mol. The second-order valence-electron chi connectivity index (χ2n) is 3.70. The van der Waals surface area contributed by atoms with Crippen LogP contribution in [0.1, 0.15) is 12.1 Å². The summed E-state index contributed by atoms with van der Waals surface area (Å²) >= 11 is 0. The minimum absolute atomic E-state index is 0.0628. The molecule has 0 saturated carbocycles. The van der Waals surface area contributed by atoms with Gasteiger partial charge in [0.15, 0.2) is 0 Å². The fourth-order valence-electron chi connectivity index (χ4n) is 1.63. The Balaban J connectivity index is 2.24. The van der Waals surface area contributed by atoms with Gasteiger partial charge in [-0.15, -0.1) is 0 Å². The molecule has 0 unspecified atom stereocenters. The maximum atomic E-state index is 10.5. The first kappa shape index (κ1) is 11.2. The number of nitrogens with zero attached hydrogens (tertiary/aromatic N) is 1. The van der Waals surface area contributed by atoms with Crippen molar-refractivity contribution in [3.8, 4) is 16.9 Å². The van der Waals surface area contributed by atoms with Crippen molar-refractivity contribution in [3.05, 3.63) is 36.2 Å². The van der Waals surface area contributed by atoms with Gasteiger partial charge in [0.1, 0.15) is 5.75 Å². The van der Waals surface area contributed by atoms with Gasteiger partial charge < -0.3 is 10.2 Å². The molecule has 0 atom stereocenters. The Hall–Kier alpha value is -2.30. The molecule has 0 fully saturated rings. The summed E-state index contributed by atoms with van der Waals surface area (Å²) in [7, 11) is 0. The third-order valence-electron chi connectivity index (χ3n) is 2.49. The highest BCUT2D eigenvalue weighted by Crippen LogP contribution is 2.24. The van der Waals surface area contributed by atoms with E-state index in [2.05, 4.69) is 10.2 Å². The highest BCUT2D eigenvalue weighted by atomic mass is 16.4. The van der Waals surface area contributed by atoms with Gasteiger partial charge >= 0.3 is 5.97 Å². The molecule has 5 nitrogen and oxygen atoms in total. The van der Waals surface area contributed by atoms with E-state index in [0.29, 0.717) is 6.42 Å². The second-order valence-corrected chi connectivity index (χ2v) is 3.70.